The number of carbonyl (C=O) groups excluding carboxylic acids is 1. The Bertz CT molecular complexity index is 863. The maximum absolute atomic E-state index is 13.3. The molecule has 0 aromatic rings. The lowest BCUT2D eigenvalue weighted by atomic mass is 10.1. The molecule has 1 aliphatic rings. The maximum atomic E-state index is 13.3. The van der Waals surface area contributed by atoms with E-state index in [9.17, 15) is 4.79 Å². The highest BCUT2D eigenvalue weighted by molar-refractivity contribution is 5.77. The quantitative estimate of drug-likeness (QED) is 0.0462. The first-order valence-corrected chi connectivity index (χ1v) is 23.2. The first-order valence-electron chi connectivity index (χ1n) is 23.2. The number of likely N-dealkylation sites (N-methyl/N-ethyl adjacent to an activating group) is 1. The van der Waals surface area contributed by atoms with Crippen LogP contribution in [0.15, 0.2) is 48.6 Å². The second kappa shape index (κ2) is 40.9. The second-order valence-corrected chi connectivity index (χ2v) is 15.5. The summed E-state index contributed by atoms with van der Waals surface area (Å²) in [6.07, 6.45) is 48.6. The Morgan fingerprint density at radius 2 is 1.00 bits per heavy atom. The van der Waals surface area contributed by atoms with Gasteiger partial charge in [-0.15, -0.1) is 0 Å². The molecule has 314 valence electrons. The fourth-order valence-electron chi connectivity index (χ4n) is 6.92. The molecule has 0 atom stereocenters. The van der Waals surface area contributed by atoms with Crippen LogP contribution in [-0.2, 0) is 14.3 Å². The van der Waals surface area contributed by atoms with Crippen molar-refractivity contribution in [1.29, 1.82) is 0 Å². The summed E-state index contributed by atoms with van der Waals surface area (Å²) in [6, 6.07) is 0. The summed E-state index contributed by atoms with van der Waals surface area (Å²) >= 11 is 0. The largest absolute Gasteiger partial charge is 0.379 e. The minimum absolute atomic E-state index is 0.177. The van der Waals surface area contributed by atoms with Crippen molar-refractivity contribution < 1.29 is 14.3 Å². The monoisotopic (exact) mass is 756 g/mol. The predicted octanol–water partition coefficient (Wildman–Crippen LogP) is 12.1. The predicted molar refractivity (Wildman–Crippen MR) is 235 cm³/mol. The van der Waals surface area contributed by atoms with Gasteiger partial charge in [-0.05, 0) is 83.6 Å². The van der Waals surface area contributed by atoms with E-state index in [1.54, 1.807) is 0 Å². The van der Waals surface area contributed by atoms with E-state index in [0.717, 1.165) is 91.3 Å². The SMILES string of the molecule is CCCCC/C=C\C/C=C\CCCCCCCCN(CCCCCCCC/C=C\C/C=C\CCCCC)C(=O)COCCN(CC)CCN1CCOCC1. The Kier molecular flexibility index (Phi) is 38.1. The van der Waals surface area contributed by atoms with E-state index < -0.39 is 0 Å². The van der Waals surface area contributed by atoms with E-state index in [1.807, 2.05) is 0 Å². The summed E-state index contributed by atoms with van der Waals surface area (Å²) in [5.41, 5.74) is 0. The number of rotatable bonds is 39. The Labute approximate surface area is 336 Å². The van der Waals surface area contributed by atoms with Crippen molar-refractivity contribution in [3.63, 3.8) is 0 Å². The zero-order valence-electron chi connectivity index (χ0n) is 36.1. The number of ether oxygens (including phenoxy) is 2. The third-order valence-electron chi connectivity index (χ3n) is 10.7. The second-order valence-electron chi connectivity index (χ2n) is 15.5. The third kappa shape index (κ3) is 33.6. The molecule has 0 aromatic heterocycles. The van der Waals surface area contributed by atoms with Gasteiger partial charge in [0.25, 0.3) is 0 Å². The lowest BCUT2D eigenvalue weighted by molar-refractivity contribution is -0.136. The van der Waals surface area contributed by atoms with Crippen molar-refractivity contribution in [2.75, 3.05) is 78.8 Å². The summed E-state index contributed by atoms with van der Waals surface area (Å²) in [4.78, 5) is 20.4. The molecule has 1 saturated heterocycles. The lowest BCUT2D eigenvalue weighted by Gasteiger charge is -2.29. The first kappa shape index (κ1) is 50.3. The van der Waals surface area contributed by atoms with Gasteiger partial charge in [-0.3, -0.25) is 9.69 Å². The van der Waals surface area contributed by atoms with Gasteiger partial charge in [-0.1, -0.05) is 146 Å². The number of unbranched alkanes of at least 4 members (excludes halogenated alkanes) is 18. The van der Waals surface area contributed by atoms with E-state index in [0.29, 0.717) is 6.61 Å². The van der Waals surface area contributed by atoms with Crippen LogP contribution in [0.4, 0.5) is 0 Å². The number of allylic oxidation sites excluding steroid dienone is 8. The standard InChI is InChI=1S/C48H89N3O3/c1-4-7-9-11-13-15-17-19-21-23-25-27-29-31-33-35-37-51(38-36-34-32-30-28-26-24-22-20-18-16-14-12-10-8-5-2)48(52)47-54-46-41-49(6-3)39-40-50-42-44-53-45-43-50/h13-16,19-22H,4-12,17-18,23-47H2,1-3H3/b15-13-,16-14-,21-19-,22-20-. The van der Waals surface area contributed by atoms with Gasteiger partial charge in [-0.2, -0.15) is 0 Å². The zero-order valence-corrected chi connectivity index (χ0v) is 36.1. The minimum Gasteiger partial charge on any atom is -0.379 e. The van der Waals surface area contributed by atoms with Crippen LogP contribution in [0.3, 0.4) is 0 Å². The molecule has 0 aromatic carbocycles. The summed E-state index contributed by atoms with van der Waals surface area (Å²) in [5.74, 6) is 0.177. The van der Waals surface area contributed by atoms with Gasteiger partial charge in [-0.25, -0.2) is 0 Å². The van der Waals surface area contributed by atoms with Crippen molar-refractivity contribution in [2.45, 2.75) is 175 Å². The molecule has 0 radical (unpaired) electrons. The molecule has 6 nitrogen and oxygen atoms in total. The highest BCUT2D eigenvalue weighted by Crippen LogP contribution is 2.12. The van der Waals surface area contributed by atoms with Gasteiger partial charge in [0.15, 0.2) is 0 Å². The molecule has 0 N–H and O–H groups in total. The van der Waals surface area contributed by atoms with Crippen molar-refractivity contribution in [3.8, 4) is 0 Å². The molecule has 1 aliphatic heterocycles. The Balaban J connectivity index is 2.28. The van der Waals surface area contributed by atoms with Crippen molar-refractivity contribution in [1.82, 2.24) is 14.7 Å². The molecule has 1 heterocycles. The molecule has 54 heavy (non-hydrogen) atoms. The van der Waals surface area contributed by atoms with Crippen molar-refractivity contribution >= 4 is 5.91 Å². The molecule has 1 rings (SSSR count). The van der Waals surface area contributed by atoms with E-state index in [4.69, 9.17) is 9.47 Å². The summed E-state index contributed by atoms with van der Waals surface area (Å²) < 4.78 is 11.5. The number of morpholine rings is 1. The van der Waals surface area contributed by atoms with Crippen LogP contribution < -0.4 is 0 Å². The average Bonchev–Trinajstić information content (AvgIpc) is 3.19. The topological polar surface area (TPSA) is 45.2 Å². The van der Waals surface area contributed by atoms with Crippen LogP contribution in [0.2, 0.25) is 0 Å². The molecular weight excluding hydrogens is 667 g/mol. The summed E-state index contributed by atoms with van der Waals surface area (Å²) in [5, 5.41) is 0. The van der Waals surface area contributed by atoms with Crippen LogP contribution in [-0.4, -0.2) is 99.4 Å². The van der Waals surface area contributed by atoms with Gasteiger partial charge in [0.05, 0.1) is 19.8 Å². The molecule has 0 saturated carbocycles. The van der Waals surface area contributed by atoms with Crippen LogP contribution in [0.5, 0.6) is 0 Å². The van der Waals surface area contributed by atoms with Crippen LogP contribution in [0.1, 0.15) is 175 Å². The lowest BCUT2D eigenvalue weighted by Crippen LogP contribution is -2.42. The van der Waals surface area contributed by atoms with Gasteiger partial charge in [0.2, 0.25) is 5.91 Å². The molecule has 1 amide bonds. The van der Waals surface area contributed by atoms with Crippen molar-refractivity contribution in [3.05, 3.63) is 48.6 Å². The number of amides is 1. The molecule has 1 fully saturated rings. The van der Waals surface area contributed by atoms with E-state index in [1.165, 1.54) is 128 Å². The molecule has 0 unspecified atom stereocenters. The molecule has 6 heteroatoms. The Morgan fingerprint density at radius 3 is 1.46 bits per heavy atom. The van der Waals surface area contributed by atoms with Gasteiger partial charge in [0.1, 0.15) is 6.61 Å². The Hall–Kier alpha value is -1.73. The Morgan fingerprint density at radius 1 is 0.556 bits per heavy atom. The highest BCUT2D eigenvalue weighted by atomic mass is 16.5. The first-order chi connectivity index (χ1) is 26.7. The molecular formula is C48H89N3O3. The maximum Gasteiger partial charge on any atom is 0.248 e. The van der Waals surface area contributed by atoms with Crippen LogP contribution >= 0.6 is 0 Å². The fraction of sp³-hybridized carbons (Fsp3) is 0.812. The molecule has 0 spiro atoms. The fourth-order valence-corrected chi connectivity index (χ4v) is 6.92. The summed E-state index contributed by atoms with van der Waals surface area (Å²) in [6.45, 7) is 17.1. The average molecular weight is 756 g/mol. The number of nitrogens with zero attached hydrogens (tertiary/aromatic N) is 3. The van der Waals surface area contributed by atoms with Crippen LogP contribution in [0, 0.1) is 0 Å². The third-order valence-corrected chi connectivity index (χ3v) is 10.7. The number of carbonyl (C=O) groups is 1. The summed E-state index contributed by atoms with van der Waals surface area (Å²) in [7, 11) is 0. The zero-order chi connectivity index (χ0) is 38.8. The minimum atomic E-state index is 0.177. The number of hydrogen-bond donors (Lipinski definition) is 0. The molecule has 0 bridgehead atoms. The normalized spacial score (nSPS) is 14.3. The smallest absolute Gasteiger partial charge is 0.248 e. The van der Waals surface area contributed by atoms with Gasteiger partial charge in [0, 0.05) is 45.8 Å². The number of hydrogen-bond acceptors (Lipinski definition) is 5. The van der Waals surface area contributed by atoms with E-state index >= 15 is 0 Å². The van der Waals surface area contributed by atoms with Gasteiger partial charge < -0.3 is 19.3 Å². The van der Waals surface area contributed by atoms with Gasteiger partial charge >= 0.3 is 0 Å². The van der Waals surface area contributed by atoms with E-state index in [2.05, 4.69) is 84.1 Å². The highest BCUT2D eigenvalue weighted by Gasteiger charge is 2.15. The van der Waals surface area contributed by atoms with Crippen LogP contribution in [0.25, 0.3) is 0 Å². The molecule has 0 aliphatic carbocycles. The van der Waals surface area contributed by atoms with E-state index in [-0.39, 0.29) is 12.5 Å². The van der Waals surface area contributed by atoms with Crippen molar-refractivity contribution in [2.24, 2.45) is 0 Å².